The summed E-state index contributed by atoms with van der Waals surface area (Å²) in [6, 6.07) is 9.14. The highest BCUT2D eigenvalue weighted by Crippen LogP contribution is 2.23. The third-order valence-corrected chi connectivity index (χ3v) is 5.01. The zero-order chi connectivity index (χ0) is 21.8. The average Bonchev–Trinajstić information content (AvgIpc) is 3.04. The highest BCUT2D eigenvalue weighted by atomic mass is 32.1. The van der Waals surface area contributed by atoms with Crippen molar-refractivity contribution in [2.24, 2.45) is 4.99 Å². The molecule has 30 heavy (non-hydrogen) atoms. The van der Waals surface area contributed by atoms with Gasteiger partial charge >= 0.3 is 5.97 Å². The second kappa shape index (κ2) is 8.61. The lowest BCUT2D eigenvalue weighted by Crippen LogP contribution is -2.23. The number of esters is 1. The molecule has 3 aromatic rings. The highest BCUT2D eigenvalue weighted by molar-refractivity contribution is 7.16. The number of hydrogen-bond acceptors (Lipinski definition) is 8. The van der Waals surface area contributed by atoms with Crippen molar-refractivity contribution in [2.75, 3.05) is 6.61 Å². The number of hydrogen-bond donors (Lipinski definition) is 0. The number of nitrogens with zero attached hydrogens (tertiary/aromatic N) is 4. The number of nitro benzene ring substituents is 2. The van der Waals surface area contributed by atoms with Gasteiger partial charge in [-0.25, -0.2) is 0 Å². The summed E-state index contributed by atoms with van der Waals surface area (Å²) in [7, 11) is 0. The van der Waals surface area contributed by atoms with Crippen LogP contribution in [0.25, 0.3) is 10.2 Å². The molecule has 0 aliphatic rings. The fourth-order valence-corrected chi connectivity index (χ4v) is 3.71. The number of non-ortho nitro benzene ring substituents is 2. The number of amides is 1. The topological polar surface area (TPSA) is 147 Å². The van der Waals surface area contributed by atoms with E-state index in [2.05, 4.69) is 4.99 Å². The zero-order valence-electron chi connectivity index (χ0n) is 15.5. The summed E-state index contributed by atoms with van der Waals surface area (Å²) in [6.45, 7) is 1.55. The number of carbonyl (C=O) groups is 2. The Morgan fingerprint density at radius 1 is 1.10 bits per heavy atom. The molecule has 154 valence electrons. The SMILES string of the molecule is CCOC(=O)Cn1c(=NC(=O)c2cccc([N+](=O)[O-])c2)sc2cc([N+](=O)[O-])ccc21. The van der Waals surface area contributed by atoms with Gasteiger partial charge in [-0.2, -0.15) is 4.99 Å². The minimum Gasteiger partial charge on any atom is -0.465 e. The molecule has 0 N–H and O–H groups in total. The van der Waals surface area contributed by atoms with Crippen LogP contribution in [-0.2, 0) is 16.1 Å². The maximum atomic E-state index is 12.6. The van der Waals surface area contributed by atoms with Gasteiger partial charge in [0, 0.05) is 29.8 Å². The van der Waals surface area contributed by atoms with Crippen molar-refractivity contribution in [3.8, 4) is 0 Å². The van der Waals surface area contributed by atoms with Gasteiger partial charge in [-0.15, -0.1) is 0 Å². The molecule has 3 rings (SSSR count). The molecule has 0 radical (unpaired) electrons. The molecule has 1 heterocycles. The molecule has 0 spiro atoms. The molecule has 2 aromatic carbocycles. The Bertz CT molecular complexity index is 1240. The van der Waals surface area contributed by atoms with Crippen LogP contribution in [0.15, 0.2) is 47.5 Å². The van der Waals surface area contributed by atoms with Crippen LogP contribution in [0, 0.1) is 20.2 Å². The number of aromatic nitrogens is 1. The van der Waals surface area contributed by atoms with Crippen LogP contribution < -0.4 is 4.80 Å². The summed E-state index contributed by atoms with van der Waals surface area (Å²) in [5.74, 6) is -1.32. The van der Waals surface area contributed by atoms with Crippen molar-refractivity contribution in [1.29, 1.82) is 0 Å². The molecular weight excluding hydrogens is 416 g/mol. The normalized spacial score (nSPS) is 11.4. The maximum Gasteiger partial charge on any atom is 0.326 e. The Balaban J connectivity index is 2.13. The Kier molecular flexibility index (Phi) is 5.97. The fraction of sp³-hybridized carbons (Fsp3) is 0.167. The lowest BCUT2D eigenvalue weighted by atomic mass is 10.2. The lowest BCUT2D eigenvalue weighted by Gasteiger charge is -2.05. The second-order valence-electron chi connectivity index (χ2n) is 5.91. The predicted octanol–water partition coefficient (Wildman–Crippen LogP) is 2.82. The van der Waals surface area contributed by atoms with E-state index < -0.39 is 21.7 Å². The molecule has 0 saturated carbocycles. The first-order valence-electron chi connectivity index (χ1n) is 8.57. The standard InChI is InChI=1S/C18H14N4O7S/c1-2-29-16(23)10-20-14-7-6-13(22(27)28)9-15(14)30-18(20)19-17(24)11-4-3-5-12(8-11)21(25)26/h3-9H,2,10H2,1H3. The molecule has 1 amide bonds. The summed E-state index contributed by atoms with van der Waals surface area (Å²) in [6.07, 6.45) is 0. The van der Waals surface area contributed by atoms with Crippen molar-refractivity contribution in [3.05, 3.63) is 73.1 Å². The molecule has 0 aliphatic heterocycles. The molecule has 11 nitrogen and oxygen atoms in total. The van der Waals surface area contributed by atoms with Crippen molar-refractivity contribution in [1.82, 2.24) is 4.57 Å². The van der Waals surface area contributed by atoms with E-state index in [0.29, 0.717) is 10.2 Å². The minimum absolute atomic E-state index is 0.00433. The molecule has 0 unspecified atom stereocenters. The van der Waals surface area contributed by atoms with Crippen molar-refractivity contribution < 1.29 is 24.2 Å². The molecule has 0 fully saturated rings. The van der Waals surface area contributed by atoms with E-state index in [1.54, 1.807) is 6.92 Å². The van der Waals surface area contributed by atoms with Crippen LogP contribution in [-0.4, -0.2) is 32.9 Å². The first kappa shape index (κ1) is 20.8. The van der Waals surface area contributed by atoms with E-state index in [4.69, 9.17) is 4.74 Å². The van der Waals surface area contributed by atoms with Crippen LogP contribution in [0.5, 0.6) is 0 Å². The molecule has 0 aliphatic carbocycles. The van der Waals surface area contributed by atoms with Crippen LogP contribution >= 0.6 is 11.3 Å². The number of ether oxygens (including phenoxy) is 1. The quantitative estimate of drug-likeness (QED) is 0.332. The van der Waals surface area contributed by atoms with Gasteiger partial charge in [-0.3, -0.25) is 29.8 Å². The largest absolute Gasteiger partial charge is 0.465 e. The van der Waals surface area contributed by atoms with Crippen LogP contribution in [0.4, 0.5) is 11.4 Å². The van der Waals surface area contributed by atoms with Gasteiger partial charge in [0.15, 0.2) is 4.80 Å². The second-order valence-corrected chi connectivity index (χ2v) is 6.92. The number of rotatable bonds is 6. The molecule has 1 aromatic heterocycles. The summed E-state index contributed by atoms with van der Waals surface area (Å²) >= 11 is 0.978. The van der Waals surface area contributed by atoms with Gasteiger partial charge in [-0.05, 0) is 19.1 Å². The van der Waals surface area contributed by atoms with E-state index in [9.17, 15) is 29.8 Å². The number of carbonyl (C=O) groups excluding carboxylic acids is 2. The number of thiazole rings is 1. The average molecular weight is 430 g/mol. The fourth-order valence-electron chi connectivity index (χ4n) is 2.65. The van der Waals surface area contributed by atoms with Gasteiger partial charge in [0.25, 0.3) is 17.3 Å². The van der Waals surface area contributed by atoms with E-state index in [1.165, 1.54) is 41.0 Å². The summed E-state index contributed by atoms with van der Waals surface area (Å²) in [5, 5.41) is 22.0. The summed E-state index contributed by atoms with van der Waals surface area (Å²) < 4.78 is 6.81. The van der Waals surface area contributed by atoms with E-state index in [-0.39, 0.29) is 34.9 Å². The number of fused-ring (bicyclic) bond motifs is 1. The van der Waals surface area contributed by atoms with Gasteiger partial charge in [0.1, 0.15) is 6.54 Å². The van der Waals surface area contributed by atoms with E-state index in [1.807, 2.05) is 0 Å². The van der Waals surface area contributed by atoms with Crippen LogP contribution in [0.3, 0.4) is 0 Å². The van der Waals surface area contributed by atoms with Gasteiger partial charge < -0.3 is 9.30 Å². The third-order valence-electron chi connectivity index (χ3n) is 3.97. The molecule has 0 bridgehead atoms. The number of benzene rings is 2. The van der Waals surface area contributed by atoms with Gasteiger partial charge in [0.2, 0.25) is 0 Å². The first-order chi connectivity index (χ1) is 14.3. The molecule has 0 atom stereocenters. The van der Waals surface area contributed by atoms with Gasteiger partial charge in [0.05, 0.1) is 26.7 Å². The molecular formula is C18H14N4O7S. The number of nitro groups is 2. The third kappa shape index (κ3) is 4.38. The van der Waals surface area contributed by atoms with Crippen molar-refractivity contribution >= 4 is 44.8 Å². The van der Waals surface area contributed by atoms with Crippen LogP contribution in [0.2, 0.25) is 0 Å². The Labute approximate surface area is 172 Å². The Morgan fingerprint density at radius 2 is 1.80 bits per heavy atom. The minimum atomic E-state index is -0.752. The maximum absolute atomic E-state index is 12.6. The Hall–Kier alpha value is -3.93. The molecule has 0 saturated heterocycles. The zero-order valence-corrected chi connectivity index (χ0v) is 16.3. The monoisotopic (exact) mass is 430 g/mol. The van der Waals surface area contributed by atoms with Crippen molar-refractivity contribution in [2.45, 2.75) is 13.5 Å². The van der Waals surface area contributed by atoms with Crippen LogP contribution in [0.1, 0.15) is 17.3 Å². The summed E-state index contributed by atoms with van der Waals surface area (Å²) in [4.78, 5) is 49.5. The van der Waals surface area contributed by atoms with E-state index >= 15 is 0 Å². The summed E-state index contributed by atoms with van der Waals surface area (Å²) in [5.41, 5.74) is 0.0468. The van der Waals surface area contributed by atoms with Gasteiger partial charge in [-0.1, -0.05) is 17.4 Å². The van der Waals surface area contributed by atoms with E-state index in [0.717, 1.165) is 17.4 Å². The smallest absolute Gasteiger partial charge is 0.326 e. The molecule has 12 heteroatoms. The lowest BCUT2D eigenvalue weighted by molar-refractivity contribution is -0.385. The Morgan fingerprint density at radius 3 is 2.47 bits per heavy atom. The van der Waals surface area contributed by atoms with Crippen molar-refractivity contribution in [3.63, 3.8) is 0 Å². The predicted molar refractivity (Wildman–Crippen MR) is 106 cm³/mol. The highest BCUT2D eigenvalue weighted by Gasteiger charge is 2.16. The first-order valence-corrected chi connectivity index (χ1v) is 9.38.